The topological polar surface area (TPSA) is 15.7 Å². The molecule has 1 aliphatic carbocycles. The second-order valence-corrected chi connectivity index (χ2v) is 8.98. The molecule has 0 amide bonds. The predicted molar refractivity (Wildman–Crippen MR) is 107 cm³/mol. The molecule has 0 bridgehead atoms. The van der Waals surface area contributed by atoms with Crippen LogP contribution < -0.4 is 0 Å². The Morgan fingerprint density at radius 2 is 1.75 bits per heavy atom. The summed E-state index contributed by atoms with van der Waals surface area (Å²) < 4.78 is 33.3. The Hall–Kier alpha value is -1.04. The van der Waals surface area contributed by atoms with Crippen molar-refractivity contribution in [2.75, 3.05) is 32.8 Å². The van der Waals surface area contributed by atoms with E-state index in [1.165, 1.54) is 57.7 Å². The third-order valence-electron chi connectivity index (χ3n) is 6.90. The van der Waals surface area contributed by atoms with Gasteiger partial charge in [0.15, 0.2) is 0 Å². The van der Waals surface area contributed by atoms with Gasteiger partial charge in [-0.1, -0.05) is 18.9 Å². The normalized spacial score (nSPS) is 25.2. The van der Waals surface area contributed by atoms with Crippen molar-refractivity contribution >= 4 is 0 Å². The van der Waals surface area contributed by atoms with Gasteiger partial charge >= 0.3 is 0 Å². The van der Waals surface area contributed by atoms with Gasteiger partial charge in [0, 0.05) is 43.9 Å². The molecule has 3 aliphatic rings. The van der Waals surface area contributed by atoms with Gasteiger partial charge in [-0.3, -0.25) is 4.90 Å². The average molecular weight is 393 g/mol. The summed E-state index contributed by atoms with van der Waals surface area (Å²) in [7, 11) is 0. The predicted octanol–water partition coefficient (Wildman–Crippen LogP) is 4.60. The zero-order chi connectivity index (χ0) is 19.3. The maximum atomic E-state index is 14.2. The third-order valence-corrected chi connectivity index (χ3v) is 6.90. The number of benzene rings is 1. The fraction of sp³-hybridized carbons (Fsp3) is 0.739. The highest BCUT2D eigenvalue weighted by Crippen LogP contribution is 2.29. The van der Waals surface area contributed by atoms with Gasteiger partial charge in [-0.2, -0.15) is 0 Å². The van der Waals surface area contributed by atoms with Crippen LogP contribution in [0.3, 0.4) is 0 Å². The third kappa shape index (κ3) is 5.31. The number of nitrogens with zero attached hydrogens (tertiary/aromatic N) is 2. The molecule has 28 heavy (non-hydrogen) atoms. The molecular weight excluding hydrogens is 358 g/mol. The van der Waals surface area contributed by atoms with Gasteiger partial charge in [-0.25, -0.2) is 8.78 Å². The SMILES string of the molecule is Fc1ccc(CN(CC2CCN(C3CCCC3)CC2)CC2CCCO2)c(F)c1. The Kier molecular flexibility index (Phi) is 6.97. The quantitative estimate of drug-likeness (QED) is 0.674. The molecule has 5 heteroatoms. The number of rotatable bonds is 7. The first-order valence-corrected chi connectivity index (χ1v) is 11.2. The largest absolute Gasteiger partial charge is 0.377 e. The Morgan fingerprint density at radius 1 is 0.964 bits per heavy atom. The Bertz CT molecular complexity index is 621. The highest BCUT2D eigenvalue weighted by molar-refractivity contribution is 5.18. The van der Waals surface area contributed by atoms with Crippen molar-refractivity contribution in [3.8, 4) is 0 Å². The van der Waals surface area contributed by atoms with E-state index in [0.717, 1.165) is 44.6 Å². The molecule has 1 atom stereocenters. The molecule has 2 saturated heterocycles. The second-order valence-electron chi connectivity index (χ2n) is 8.98. The van der Waals surface area contributed by atoms with Crippen LogP contribution in [0.2, 0.25) is 0 Å². The molecule has 3 nitrogen and oxygen atoms in total. The maximum absolute atomic E-state index is 14.2. The molecule has 1 saturated carbocycles. The van der Waals surface area contributed by atoms with Gasteiger partial charge in [-0.15, -0.1) is 0 Å². The summed E-state index contributed by atoms with van der Waals surface area (Å²) in [4.78, 5) is 5.05. The molecule has 1 aromatic carbocycles. The van der Waals surface area contributed by atoms with Gasteiger partial charge in [-0.05, 0) is 63.6 Å². The fourth-order valence-electron chi connectivity index (χ4n) is 5.31. The molecule has 0 N–H and O–H groups in total. The van der Waals surface area contributed by atoms with Crippen molar-refractivity contribution in [3.05, 3.63) is 35.4 Å². The summed E-state index contributed by atoms with van der Waals surface area (Å²) in [6, 6.07) is 4.77. The Morgan fingerprint density at radius 3 is 2.43 bits per heavy atom. The van der Waals surface area contributed by atoms with Gasteiger partial charge < -0.3 is 9.64 Å². The Labute approximate surface area is 168 Å². The van der Waals surface area contributed by atoms with Crippen molar-refractivity contribution < 1.29 is 13.5 Å². The molecule has 0 aromatic heterocycles. The molecule has 0 radical (unpaired) electrons. The van der Waals surface area contributed by atoms with Crippen LogP contribution in [-0.2, 0) is 11.3 Å². The number of piperidine rings is 1. The van der Waals surface area contributed by atoms with Crippen molar-refractivity contribution in [3.63, 3.8) is 0 Å². The zero-order valence-corrected chi connectivity index (χ0v) is 16.9. The molecular formula is C23H34F2N2O. The molecule has 3 fully saturated rings. The van der Waals surface area contributed by atoms with E-state index in [4.69, 9.17) is 4.74 Å². The number of hydrogen-bond acceptors (Lipinski definition) is 3. The summed E-state index contributed by atoms with van der Waals surface area (Å²) in [6.07, 6.45) is 10.4. The van der Waals surface area contributed by atoms with E-state index in [9.17, 15) is 8.78 Å². The monoisotopic (exact) mass is 392 g/mol. The molecule has 0 spiro atoms. The summed E-state index contributed by atoms with van der Waals surface area (Å²) in [6.45, 7) is 5.61. The van der Waals surface area contributed by atoms with Crippen LogP contribution >= 0.6 is 0 Å². The van der Waals surface area contributed by atoms with Gasteiger partial charge in [0.05, 0.1) is 6.10 Å². The van der Waals surface area contributed by atoms with Crippen LogP contribution in [-0.4, -0.2) is 54.7 Å². The summed E-state index contributed by atoms with van der Waals surface area (Å²) in [5.41, 5.74) is 0.586. The van der Waals surface area contributed by atoms with Gasteiger partial charge in [0.2, 0.25) is 0 Å². The van der Waals surface area contributed by atoms with Crippen LogP contribution in [0.15, 0.2) is 18.2 Å². The van der Waals surface area contributed by atoms with E-state index in [2.05, 4.69) is 9.80 Å². The number of likely N-dealkylation sites (tertiary alicyclic amines) is 1. The maximum Gasteiger partial charge on any atom is 0.130 e. The highest BCUT2D eigenvalue weighted by Gasteiger charge is 2.29. The van der Waals surface area contributed by atoms with E-state index >= 15 is 0 Å². The van der Waals surface area contributed by atoms with Crippen LogP contribution in [0, 0.1) is 17.6 Å². The summed E-state index contributed by atoms with van der Waals surface area (Å²) >= 11 is 0. The lowest BCUT2D eigenvalue weighted by molar-refractivity contribution is 0.0536. The summed E-state index contributed by atoms with van der Waals surface area (Å²) in [5.74, 6) is -0.290. The first-order valence-electron chi connectivity index (χ1n) is 11.2. The van der Waals surface area contributed by atoms with E-state index in [1.54, 1.807) is 6.07 Å². The zero-order valence-electron chi connectivity index (χ0n) is 16.9. The lowest BCUT2D eigenvalue weighted by Crippen LogP contribution is -2.43. The minimum atomic E-state index is -0.508. The van der Waals surface area contributed by atoms with Crippen molar-refractivity contribution in [1.29, 1.82) is 0 Å². The smallest absolute Gasteiger partial charge is 0.130 e. The van der Waals surface area contributed by atoms with Crippen LogP contribution in [0.1, 0.15) is 56.9 Å². The average Bonchev–Trinajstić information content (AvgIpc) is 3.39. The summed E-state index contributed by atoms with van der Waals surface area (Å²) in [5, 5.41) is 0. The van der Waals surface area contributed by atoms with Gasteiger partial charge in [0.1, 0.15) is 11.6 Å². The fourth-order valence-corrected chi connectivity index (χ4v) is 5.31. The van der Waals surface area contributed by atoms with E-state index < -0.39 is 11.6 Å². The number of halogens is 2. The number of ether oxygens (including phenoxy) is 1. The Balaban J connectivity index is 1.34. The van der Waals surface area contributed by atoms with Crippen molar-refractivity contribution in [2.24, 2.45) is 5.92 Å². The van der Waals surface area contributed by atoms with Crippen molar-refractivity contribution in [2.45, 2.75) is 70.1 Å². The van der Waals surface area contributed by atoms with Crippen molar-refractivity contribution in [1.82, 2.24) is 9.80 Å². The molecule has 1 unspecified atom stereocenters. The molecule has 2 aliphatic heterocycles. The lowest BCUT2D eigenvalue weighted by atomic mass is 9.94. The second kappa shape index (κ2) is 9.64. The van der Waals surface area contributed by atoms with E-state index in [1.807, 2.05) is 0 Å². The van der Waals surface area contributed by atoms with E-state index in [-0.39, 0.29) is 6.10 Å². The molecule has 4 rings (SSSR count). The molecule has 1 aromatic rings. The first kappa shape index (κ1) is 20.2. The highest BCUT2D eigenvalue weighted by atomic mass is 19.1. The molecule has 2 heterocycles. The van der Waals surface area contributed by atoms with Gasteiger partial charge in [0.25, 0.3) is 0 Å². The van der Waals surface area contributed by atoms with Crippen LogP contribution in [0.5, 0.6) is 0 Å². The molecule has 156 valence electrons. The number of hydrogen-bond donors (Lipinski definition) is 0. The van der Waals surface area contributed by atoms with Crippen LogP contribution in [0.25, 0.3) is 0 Å². The van der Waals surface area contributed by atoms with E-state index in [0.29, 0.717) is 18.0 Å². The first-order chi connectivity index (χ1) is 13.7. The minimum absolute atomic E-state index is 0.252. The lowest BCUT2D eigenvalue weighted by Gasteiger charge is -2.38. The van der Waals surface area contributed by atoms with Crippen LogP contribution in [0.4, 0.5) is 8.78 Å². The standard InChI is InChI=1S/C23H34F2N2O/c24-20-8-7-19(23(25)14-20)16-26(17-22-6-3-13-28-22)15-18-9-11-27(12-10-18)21-4-1-2-5-21/h7-8,14,18,21-22H,1-6,9-13,15-17H2. The minimum Gasteiger partial charge on any atom is -0.377 e.